The fourth-order valence-corrected chi connectivity index (χ4v) is 1.95. The Kier molecular flexibility index (Phi) is 6.16. The van der Waals surface area contributed by atoms with Crippen LogP contribution >= 0.6 is 0 Å². The Labute approximate surface area is 111 Å². The van der Waals surface area contributed by atoms with Gasteiger partial charge in [0.15, 0.2) is 0 Å². The second-order valence-electron chi connectivity index (χ2n) is 4.93. The van der Waals surface area contributed by atoms with Crippen LogP contribution in [0.3, 0.4) is 0 Å². The summed E-state index contributed by atoms with van der Waals surface area (Å²) in [6, 6.07) is 9.02. The first-order chi connectivity index (χ1) is 8.54. The van der Waals surface area contributed by atoms with Crippen LogP contribution in [-0.2, 0) is 0 Å². The monoisotopic (exact) mass is 250 g/mol. The zero-order valence-electron chi connectivity index (χ0n) is 12.0. The molecule has 3 nitrogen and oxygen atoms in total. The molecule has 102 valence electrons. The topological polar surface area (TPSA) is 35.5 Å². The fraction of sp³-hybridized carbons (Fsp3) is 0.600. The standard InChI is InChI=1S/C15H26N2O/c1-5-16-13(3)14-6-8-15(9-7-14)17(4)11-10-12(2)18/h6-9,12-13,16,18H,5,10-11H2,1-4H3. The van der Waals surface area contributed by atoms with Crippen LogP contribution in [0.4, 0.5) is 5.69 Å². The molecular weight excluding hydrogens is 224 g/mol. The molecule has 0 aliphatic carbocycles. The van der Waals surface area contributed by atoms with E-state index in [2.05, 4.69) is 55.4 Å². The van der Waals surface area contributed by atoms with Gasteiger partial charge in [0.1, 0.15) is 0 Å². The van der Waals surface area contributed by atoms with Gasteiger partial charge in [0.2, 0.25) is 0 Å². The van der Waals surface area contributed by atoms with E-state index in [1.165, 1.54) is 11.3 Å². The van der Waals surface area contributed by atoms with Gasteiger partial charge >= 0.3 is 0 Å². The van der Waals surface area contributed by atoms with E-state index in [1.54, 1.807) is 0 Å². The van der Waals surface area contributed by atoms with E-state index >= 15 is 0 Å². The van der Waals surface area contributed by atoms with Gasteiger partial charge in [-0.3, -0.25) is 0 Å². The van der Waals surface area contributed by atoms with Crippen molar-refractivity contribution >= 4 is 5.69 Å². The van der Waals surface area contributed by atoms with Gasteiger partial charge in [0.05, 0.1) is 6.10 Å². The van der Waals surface area contributed by atoms with Crippen molar-refractivity contribution < 1.29 is 5.11 Å². The van der Waals surface area contributed by atoms with Crippen molar-refractivity contribution in [3.63, 3.8) is 0 Å². The largest absolute Gasteiger partial charge is 0.393 e. The van der Waals surface area contributed by atoms with Crippen molar-refractivity contribution in [1.29, 1.82) is 0 Å². The molecule has 18 heavy (non-hydrogen) atoms. The maximum absolute atomic E-state index is 9.29. The van der Waals surface area contributed by atoms with Gasteiger partial charge in [0, 0.05) is 25.3 Å². The Morgan fingerprint density at radius 3 is 2.33 bits per heavy atom. The van der Waals surface area contributed by atoms with E-state index in [0.29, 0.717) is 6.04 Å². The zero-order chi connectivity index (χ0) is 13.5. The lowest BCUT2D eigenvalue weighted by atomic mass is 10.1. The quantitative estimate of drug-likeness (QED) is 0.780. The predicted molar refractivity (Wildman–Crippen MR) is 78.1 cm³/mol. The first kappa shape index (κ1) is 15.0. The summed E-state index contributed by atoms with van der Waals surface area (Å²) in [7, 11) is 2.06. The number of aliphatic hydroxyl groups is 1. The number of nitrogens with one attached hydrogen (secondary N) is 1. The molecule has 0 fully saturated rings. The Bertz CT molecular complexity index is 335. The van der Waals surface area contributed by atoms with Gasteiger partial charge in [-0.25, -0.2) is 0 Å². The average Bonchev–Trinajstić information content (AvgIpc) is 2.36. The van der Waals surface area contributed by atoms with Crippen molar-refractivity contribution in [3.05, 3.63) is 29.8 Å². The van der Waals surface area contributed by atoms with Crippen LogP contribution in [0.15, 0.2) is 24.3 Å². The molecule has 3 heteroatoms. The van der Waals surface area contributed by atoms with Gasteiger partial charge in [-0.05, 0) is 44.5 Å². The van der Waals surface area contributed by atoms with E-state index in [4.69, 9.17) is 0 Å². The van der Waals surface area contributed by atoms with Gasteiger partial charge < -0.3 is 15.3 Å². The van der Waals surface area contributed by atoms with Crippen LogP contribution in [0.25, 0.3) is 0 Å². The first-order valence-corrected chi connectivity index (χ1v) is 6.77. The molecule has 0 heterocycles. The molecule has 0 spiro atoms. The van der Waals surface area contributed by atoms with E-state index in [1.807, 2.05) is 6.92 Å². The molecule has 1 rings (SSSR count). The molecule has 1 aromatic carbocycles. The fourth-order valence-electron chi connectivity index (χ4n) is 1.95. The lowest BCUT2D eigenvalue weighted by Crippen LogP contribution is -2.22. The third-order valence-electron chi connectivity index (χ3n) is 3.23. The molecule has 0 saturated carbocycles. The number of rotatable bonds is 7. The second kappa shape index (κ2) is 7.39. The summed E-state index contributed by atoms with van der Waals surface area (Å²) in [5, 5.41) is 12.7. The zero-order valence-corrected chi connectivity index (χ0v) is 12.0. The van der Waals surface area contributed by atoms with Crippen LogP contribution in [-0.4, -0.2) is 31.3 Å². The minimum absolute atomic E-state index is 0.236. The smallest absolute Gasteiger partial charge is 0.0528 e. The van der Waals surface area contributed by atoms with Crippen LogP contribution in [0.5, 0.6) is 0 Å². The highest BCUT2D eigenvalue weighted by Crippen LogP contribution is 2.18. The van der Waals surface area contributed by atoms with Gasteiger partial charge in [-0.1, -0.05) is 19.1 Å². The molecule has 0 aliphatic heterocycles. The Balaban J connectivity index is 2.58. The van der Waals surface area contributed by atoms with Crippen molar-refractivity contribution in [2.75, 3.05) is 25.0 Å². The minimum atomic E-state index is -0.236. The molecule has 0 saturated heterocycles. The van der Waals surface area contributed by atoms with Crippen molar-refractivity contribution in [2.24, 2.45) is 0 Å². The lowest BCUT2D eigenvalue weighted by molar-refractivity contribution is 0.187. The normalized spacial score (nSPS) is 14.3. The van der Waals surface area contributed by atoms with Crippen molar-refractivity contribution in [2.45, 2.75) is 39.3 Å². The summed E-state index contributed by atoms with van der Waals surface area (Å²) in [5.41, 5.74) is 2.51. The molecule has 0 aromatic heterocycles. The van der Waals surface area contributed by atoms with E-state index < -0.39 is 0 Å². The number of hydrogen-bond acceptors (Lipinski definition) is 3. The summed E-state index contributed by atoms with van der Waals surface area (Å²) in [6.45, 7) is 7.98. The van der Waals surface area contributed by atoms with Crippen LogP contribution in [0.2, 0.25) is 0 Å². The molecule has 0 radical (unpaired) electrons. The minimum Gasteiger partial charge on any atom is -0.393 e. The van der Waals surface area contributed by atoms with Crippen LogP contribution in [0, 0.1) is 0 Å². The number of aliphatic hydroxyl groups excluding tert-OH is 1. The number of benzene rings is 1. The van der Waals surface area contributed by atoms with E-state index in [9.17, 15) is 5.11 Å². The summed E-state index contributed by atoms with van der Waals surface area (Å²) in [5.74, 6) is 0. The average molecular weight is 250 g/mol. The lowest BCUT2D eigenvalue weighted by Gasteiger charge is -2.21. The molecule has 2 unspecified atom stereocenters. The third kappa shape index (κ3) is 4.67. The van der Waals surface area contributed by atoms with E-state index in [-0.39, 0.29) is 6.10 Å². The molecule has 1 aromatic rings. The maximum atomic E-state index is 9.29. The maximum Gasteiger partial charge on any atom is 0.0528 e. The molecule has 2 N–H and O–H groups in total. The summed E-state index contributed by atoms with van der Waals surface area (Å²) in [6.07, 6.45) is 0.562. The van der Waals surface area contributed by atoms with Gasteiger partial charge in [0.25, 0.3) is 0 Å². The summed E-state index contributed by atoms with van der Waals surface area (Å²) < 4.78 is 0. The number of nitrogens with zero attached hydrogens (tertiary/aromatic N) is 1. The van der Waals surface area contributed by atoms with E-state index in [0.717, 1.165) is 19.5 Å². The number of anilines is 1. The van der Waals surface area contributed by atoms with Crippen LogP contribution in [0.1, 0.15) is 38.8 Å². The molecular formula is C15H26N2O. The van der Waals surface area contributed by atoms with Gasteiger partial charge in [-0.15, -0.1) is 0 Å². The second-order valence-corrected chi connectivity index (χ2v) is 4.93. The summed E-state index contributed by atoms with van der Waals surface area (Å²) in [4.78, 5) is 2.18. The molecule has 0 aliphatic rings. The van der Waals surface area contributed by atoms with Gasteiger partial charge in [-0.2, -0.15) is 0 Å². The predicted octanol–water partition coefficient (Wildman–Crippen LogP) is 2.56. The highest BCUT2D eigenvalue weighted by atomic mass is 16.3. The molecule has 0 amide bonds. The molecule has 2 atom stereocenters. The van der Waals surface area contributed by atoms with Crippen molar-refractivity contribution in [3.8, 4) is 0 Å². The highest BCUT2D eigenvalue weighted by molar-refractivity contribution is 5.47. The van der Waals surface area contributed by atoms with Crippen LogP contribution < -0.4 is 10.2 Å². The Morgan fingerprint density at radius 1 is 1.22 bits per heavy atom. The summed E-state index contributed by atoms with van der Waals surface area (Å²) >= 11 is 0. The first-order valence-electron chi connectivity index (χ1n) is 6.77. The SMILES string of the molecule is CCNC(C)c1ccc(N(C)CCC(C)O)cc1. The third-order valence-corrected chi connectivity index (χ3v) is 3.23. The highest BCUT2D eigenvalue weighted by Gasteiger charge is 2.06. The Hall–Kier alpha value is -1.06. The number of hydrogen-bond donors (Lipinski definition) is 2. The van der Waals surface area contributed by atoms with Crippen molar-refractivity contribution in [1.82, 2.24) is 5.32 Å². The molecule has 0 bridgehead atoms. The Morgan fingerprint density at radius 2 is 1.83 bits per heavy atom.